The molecule has 1 aromatic heterocycles. The third-order valence-electron chi connectivity index (χ3n) is 4.71. The van der Waals surface area contributed by atoms with E-state index in [1.165, 1.54) is 17.5 Å². The van der Waals surface area contributed by atoms with Gasteiger partial charge in [-0.1, -0.05) is 30.3 Å². The van der Waals surface area contributed by atoms with Gasteiger partial charge in [-0.25, -0.2) is 0 Å². The number of nitrogens with one attached hydrogen (secondary N) is 1. The first-order valence-electron chi connectivity index (χ1n) is 9.29. The van der Waals surface area contributed by atoms with Crippen LogP contribution in [0.2, 0.25) is 0 Å². The summed E-state index contributed by atoms with van der Waals surface area (Å²) in [4.78, 5) is 7.25. The number of hydrogen-bond donors (Lipinski definition) is 1. The Balaban J connectivity index is 1.54. The SMILES string of the molecule is CCNC(=NCCc1cnn(C)c1)N1CCC(Cc2ccccc2)C1. The molecule has 0 bridgehead atoms. The molecule has 0 spiro atoms. The predicted octanol–water partition coefficient (Wildman–Crippen LogP) is 2.49. The van der Waals surface area contributed by atoms with Crippen molar-refractivity contribution >= 4 is 5.96 Å². The zero-order chi connectivity index (χ0) is 17.5. The second kappa shape index (κ2) is 8.70. The summed E-state index contributed by atoms with van der Waals surface area (Å²) in [7, 11) is 1.95. The van der Waals surface area contributed by atoms with Crippen LogP contribution in [-0.2, 0) is 19.9 Å². The first-order valence-corrected chi connectivity index (χ1v) is 9.29. The van der Waals surface area contributed by atoms with E-state index in [1.54, 1.807) is 0 Å². The normalized spacial score (nSPS) is 17.9. The van der Waals surface area contributed by atoms with Gasteiger partial charge in [0.2, 0.25) is 0 Å². The minimum Gasteiger partial charge on any atom is -0.357 e. The first-order chi connectivity index (χ1) is 12.2. The van der Waals surface area contributed by atoms with Gasteiger partial charge in [-0.15, -0.1) is 0 Å². The van der Waals surface area contributed by atoms with Gasteiger partial charge < -0.3 is 10.2 Å². The summed E-state index contributed by atoms with van der Waals surface area (Å²) in [5.41, 5.74) is 2.68. The lowest BCUT2D eigenvalue weighted by atomic mass is 9.99. The predicted molar refractivity (Wildman–Crippen MR) is 103 cm³/mol. The molecule has 134 valence electrons. The molecular formula is C20H29N5. The van der Waals surface area contributed by atoms with Crippen molar-refractivity contribution in [2.75, 3.05) is 26.2 Å². The van der Waals surface area contributed by atoms with Gasteiger partial charge in [0.05, 0.1) is 6.20 Å². The first kappa shape index (κ1) is 17.5. The summed E-state index contributed by atoms with van der Waals surface area (Å²) < 4.78 is 1.85. The van der Waals surface area contributed by atoms with Gasteiger partial charge in [0.15, 0.2) is 5.96 Å². The highest BCUT2D eigenvalue weighted by Gasteiger charge is 2.24. The van der Waals surface area contributed by atoms with E-state index in [4.69, 9.17) is 4.99 Å². The Kier molecular flexibility index (Phi) is 6.09. The van der Waals surface area contributed by atoms with E-state index in [2.05, 4.69) is 58.8 Å². The van der Waals surface area contributed by atoms with Crippen LogP contribution in [0, 0.1) is 5.92 Å². The molecule has 0 radical (unpaired) electrons. The Morgan fingerprint density at radius 1 is 1.28 bits per heavy atom. The van der Waals surface area contributed by atoms with Crippen molar-refractivity contribution in [3.05, 3.63) is 53.9 Å². The average molecular weight is 339 g/mol. The molecule has 1 aromatic carbocycles. The Morgan fingerprint density at radius 3 is 2.84 bits per heavy atom. The molecule has 1 fully saturated rings. The van der Waals surface area contributed by atoms with Gasteiger partial charge in [0.1, 0.15) is 0 Å². The molecule has 1 saturated heterocycles. The molecule has 25 heavy (non-hydrogen) atoms. The maximum atomic E-state index is 4.84. The zero-order valence-corrected chi connectivity index (χ0v) is 15.4. The molecule has 3 rings (SSSR count). The molecule has 0 amide bonds. The van der Waals surface area contributed by atoms with Crippen molar-refractivity contribution < 1.29 is 0 Å². The smallest absolute Gasteiger partial charge is 0.193 e. The molecule has 2 heterocycles. The monoisotopic (exact) mass is 339 g/mol. The van der Waals surface area contributed by atoms with Crippen LogP contribution in [0.25, 0.3) is 0 Å². The lowest BCUT2D eigenvalue weighted by Gasteiger charge is -2.21. The van der Waals surface area contributed by atoms with Crippen LogP contribution in [0.1, 0.15) is 24.5 Å². The van der Waals surface area contributed by atoms with Crippen molar-refractivity contribution in [1.29, 1.82) is 0 Å². The van der Waals surface area contributed by atoms with Gasteiger partial charge in [-0.05, 0) is 43.2 Å². The third kappa shape index (κ3) is 5.08. The molecule has 1 aliphatic heterocycles. The van der Waals surface area contributed by atoms with Crippen LogP contribution in [0.4, 0.5) is 0 Å². The lowest BCUT2D eigenvalue weighted by Crippen LogP contribution is -2.40. The molecular weight excluding hydrogens is 310 g/mol. The topological polar surface area (TPSA) is 45.5 Å². The number of benzene rings is 1. The van der Waals surface area contributed by atoms with E-state index >= 15 is 0 Å². The standard InChI is InChI=1S/C20H29N5/c1-3-21-20(22-11-9-19-14-23-24(2)15-19)25-12-10-18(16-25)13-17-7-5-4-6-8-17/h4-8,14-15,18H,3,9-13,16H2,1-2H3,(H,21,22). The molecule has 1 aliphatic rings. The van der Waals surface area contributed by atoms with Crippen LogP contribution in [0.5, 0.6) is 0 Å². The largest absolute Gasteiger partial charge is 0.357 e. The maximum Gasteiger partial charge on any atom is 0.193 e. The summed E-state index contributed by atoms with van der Waals surface area (Å²) >= 11 is 0. The van der Waals surface area contributed by atoms with Gasteiger partial charge >= 0.3 is 0 Å². The fraction of sp³-hybridized carbons (Fsp3) is 0.500. The molecule has 1 unspecified atom stereocenters. The molecule has 0 aliphatic carbocycles. The third-order valence-corrected chi connectivity index (χ3v) is 4.71. The Morgan fingerprint density at radius 2 is 2.12 bits per heavy atom. The van der Waals surface area contributed by atoms with E-state index in [1.807, 2.05) is 17.9 Å². The van der Waals surface area contributed by atoms with Crippen LogP contribution in [0.3, 0.4) is 0 Å². The van der Waals surface area contributed by atoms with Crippen LogP contribution in [-0.4, -0.2) is 46.8 Å². The van der Waals surface area contributed by atoms with E-state index in [-0.39, 0.29) is 0 Å². The second-order valence-corrected chi connectivity index (χ2v) is 6.80. The molecule has 5 nitrogen and oxygen atoms in total. The fourth-order valence-electron chi connectivity index (χ4n) is 3.46. The van der Waals surface area contributed by atoms with Crippen molar-refractivity contribution in [2.24, 2.45) is 18.0 Å². The Hall–Kier alpha value is -2.30. The van der Waals surface area contributed by atoms with Crippen LogP contribution >= 0.6 is 0 Å². The number of aliphatic imine (C=N–C) groups is 1. The van der Waals surface area contributed by atoms with Crippen LogP contribution < -0.4 is 5.32 Å². The van der Waals surface area contributed by atoms with Gasteiger partial charge in [0.25, 0.3) is 0 Å². The summed E-state index contributed by atoms with van der Waals surface area (Å²) in [5, 5.41) is 7.68. The molecule has 2 aromatic rings. The average Bonchev–Trinajstić information content (AvgIpc) is 3.24. The van der Waals surface area contributed by atoms with Crippen molar-refractivity contribution in [3.8, 4) is 0 Å². The molecule has 5 heteroatoms. The maximum absolute atomic E-state index is 4.84. The Labute approximate surface area is 150 Å². The highest BCUT2D eigenvalue weighted by Crippen LogP contribution is 2.20. The van der Waals surface area contributed by atoms with Crippen LogP contribution in [0.15, 0.2) is 47.7 Å². The number of likely N-dealkylation sites (tertiary alicyclic amines) is 1. The minimum absolute atomic E-state index is 0.713. The summed E-state index contributed by atoms with van der Waals surface area (Å²) in [6, 6.07) is 10.8. The molecule has 0 saturated carbocycles. The number of hydrogen-bond acceptors (Lipinski definition) is 2. The number of nitrogens with zero attached hydrogens (tertiary/aromatic N) is 4. The van der Waals surface area contributed by atoms with E-state index in [0.717, 1.165) is 45.0 Å². The summed E-state index contributed by atoms with van der Waals surface area (Å²) in [6.45, 7) is 6.03. The quantitative estimate of drug-likeness (QED) is 0.650. The molecule has 1 N–H and O–H groups in total. The molecule has 1 atom stereocenters. The number of aromatic nitrogens is 2. The summed E-state index contributed by atoms with van der Waals surface area (Å²) in [5.74, 6) is 1.77. The highest BCUT2D eigenvalue weighted by molar-refractivity contribution is 5.80. The van der Waals surface area contributed by atoms with Crippen molar-refractivity contribution in [1.82, 2.24) is 20.0 Å². The summed E-state index contributed by atoms with van der Waals surface area (Å²) in [6.07, 6.45) is 7.32. The van der Waals surface area contributed by atoms with E-state index in [0.29, 0.717) is 5.92 Å². The fourth-order valence-corrected chi connectivity index (χ4v) is 3.46. The second-order valence-electron chi connectivity index (χ2n) is 6.80. The Bertz CT molecular complexity index is 676. The van der Waals surface area contributed by atoms with Crippen molar-refractivity contribution in [3.63, 3.8) is 0 Å². The highest BCUT2D eigenvalue weighted by atomic mass is 15.3. The zero-order valence-electron chi connectivity index (χ0n) is 15.4. The van der Waals surface area contributed by atoms with Gasteiger partial charge in [-0.2, -0.15) is 5.10 Å². The lowest BCUT2D eigenvalue weighted by molar-refractivity contribution is 0.460. The van der Waals surface area contributed by atoms with E-state index in [9.17, 15) is 0 Å². The number of aryl methyl sites for hydroxylation is 1. The van der Waals surface area contributed by atoms with Crippen molar-refractivity contribution in [2.45, 2.75) is 26.2 Å². The minimum atomic E-state index is 0.713. The number of guanidine groups is 1. The van der Waals surface area contributed by atoms with E-state index < -0.39 is 0 Å². The number of rotatable bonds is 6. The van der Waals surface area contributed by atoms with Gasteiger partial charge in [-0.3, -0.25) is 9.67 Å². The van der Waals surface area contributed by atoms with Gasteiger partial charge in [0, 0.05) is 39.4 Å².